The van der Waals surface area contributed by atoms with E-state index >= 15 is 0 Å². The summed E-state index contributed by atoms with van der Waals surface area (Å²) in [6.07, 6.45) is 6.36. The number of amides is 1. The van der Waals surface area contributed by atoms with E-state index in [0.717, 1.165) is 31.4 Å². The molecule has 1 heterocycles. The Balaban J connectivity index is -0.000000161. The first kappa shape index (κ1) is 36.4. The van der Waals surface area contributed by atoms with Gasteiger partial charge in [0.1, 0.15) is 0 Å². The quantitative estimate of drug-likeness (QED) is 0.269. The molecule has 10 heteroatoms. The number of ether oxygens (including phenoxy) is 3. The van der Waals surface area contributed by atoms with Crippen molar-refractivity contribution in [2.24, 2.45) is 0 Å². The van der Waals surface area contributed by atoms with E-state index in [1.54, 1.807) is 24.9 Å². The zero-order valence-corrected chi connectivity index (χ0v) is 19.8. The van der Waals surface area contributed by atoms with Crippen LogP contribution in [0.15, 0.2) is 63.1 Å². The maximum atomic E-state index is 10.7. The van der Waals surface area contributed by atoms with E-state index in [1.165, 1.54) is 14.0 Å². The summed E-state index contributed by atoms with van der Waals surface area (Å²) in [5, 5.41) is 7.60. The van der Waals surface area contributed by atoms with Gasteiger partial charge in [0.15, 0.2) is 0 Å². The van der Waals surface area contributed by atoms with Gasteiger partial charge in [-0.25, -0.2) is 14.4 Å². The SMILES string of the molecule is C=C(C)C(=O)OC.C=CC(=O)O.C=CC(=O)OCC.C=CN1CCCC1=O.C=COC(C)=O. The van der Waals surface area contributed by atoms with Crippen molar-refractivity contribution in [2.75, 3.05) is 20.3 Å². The number of carboxylic acids is 1. The predicted octanol–water partition coefficient (Wildman–Crippen LogP) is 3.17. The summed E-state index contributed by atoms with van der Waals surface area (Å²) in [4.78, 5) is 51.6. The second-order valence-electron chi connectivity index (χ2n) is 5.42. The van der Waals surface area contributed by atoms with Crippen LogP contribution < -0.4 is 0 Å². The summed E-state index contributed by atoms with van der Waals surface area (Å²) in [6.45, 7) is 22.1. The normalized spacial score (nSPS) is 10.2. The number of nitrogens with zero attached hydrogens (tertiary/aromatic N) is 1. The molecule has 1 saturated heterocycles. The number of carboxylic acid groups (broad SMARTS) is 1. The first-order valence-corrected chi connectivity index (χ1v) is 9.46. The molecule has 0 aromatic carbocycles. The van der Waals surface area contributed by atoms with Gasteiger partial charge >= 0.3 is 23.9 Å². The Bertz CT molecular complexity index is 679. The van der Waals surface area contributed by atoms with Crippen LogP contribution in [0.25, 0.3) is 0 Å². The number of likely N-dealkylation sites (tertiary alicyclic amines) is 1. The minimum Gasteiger partial charge on any atom is -0.478 e. The molecule has 1 fully saturated rings. The third-order valence-corrected chi connectivity index (χ3v) is 2.74. The van der Waals surface area contributed by atoms with Crippen LogP contribution in [0.1, 0.15) is 33.6 Å². The fourth-order valence-electron chi connectivity index (χ4n) is 1.35. The van der Waals surface area contributed by atoms with E-state index in [0.29, 0.717) is 18.6 Å². The molecule has 33 heavy (non-hydrogen) atoms. The molecule has 0 bridgehead atoms. The van der Waals surface area contributed by atoms with Gasteiger partial charge in [-0.15, -0.1) is 0 Å². The van der Waals surface area contributed by atoms with Gasteiger partial charge in [-0.05, 0) is 26.5 Å². The molecule has 1 aliphatic rings. The first-order valence-electron chi connectivity index (χ1n) is 9.46. The zero-order valence-electron chi connectivity index (χ0n) is 19.8. The van der Waals surface area contributed by atoms with Gasteiger partial charge in [0.2, 0.25) is 5.91 Å². The predicted molar refractivity (Wildman–Crippen MR) is 125 cm³/mol. The molecule has 186 valence electrons. The van der Waals surface area contributed by atoms with Crippen molar-refractivity contribution < 1.29 is 43.3 Å². The Morgan fingerprint density at radius 3 is 1.70 bits per heavy atom. The Morgan fingerprint density at radius 1 is 1.09 bits per heavy atom. The van der Waals surface area contributed by atoms with Crippen LogP contribution in [-0.2, 0) is 38.2 Å². The Hall–Kier alpha value is -3.95. The van der Waals surface area contributed by atoms with Crippen molar-refractivity contribution in [1.82, 2.24) is 4.90 Å². The van der Waals surface area contributed by atoms with Crippen molar-refractivity contribution in [1.29, 1.82) is 0 Å². The zero-order chi connectivity index (χ0) is 26.8. The first-order chi connectivity index (χ1) is 15.4. The Morgan fingerprint density at radius 2 is 1.61 bits per heavy atom. The summed E-state index contributed by atoms with van der Waals surface area (Å²) in [7, 11) is 1.33. The molecule has 0 aromatic rings. The number of aliphatic carboxylic acids is 1. The Kier molecular flexibility index (Phi) is 28.8. The number of methoxy groups -OCH3 is 1. The lowest BCUT2D eigenvalue weighted by Gasteiger charge is -2.05. The highest BCUT2D eigenvalue weighted by Crippen LogP contribution is 2.08. The van der Waals surface area contributed by atoms with Gasteiger partial charge in [0, 0.05) is 37.6 Å². The summed E-state index contributed by atoms with van der Waals surface area (Å²) < 4.78 is 12.9. The van der Waals surface area contributed by atoms with Crippen LogP contribution in [0.2, 0.25) is 0 Å². The van der Waals surface area contributed by atoms with E-state index in [-0.39, 0.29) is 23.8 Å². The molecule has 0 unspecified atom stereocenters. The van der Waals surface area contributed by atoms with E-state index < -0.39 is 5.97 Å². The molecule has 1 amide bonds. The van der Waals surface area contributed by atoms with Crippen molar-refractivity contribution in [2.45, 2.75) is 33.6 Å². The van der Waals surface area contributed by atoms with Crippen molar-refractivity contribution in [3.8, 4) is 0 Å². The standard InChI is InChI=1S/C6H9NO.2C5H8O2.C4H6O2.C3H4O2/c1-2-7-5-3-4-6(7)8;1-4(2)5(6)7-3;1-3-5(6)7-4-2;1-3-6-4(2)5;1-2-3(4)5/h2H,1,3-5H2;1H2,2-3H3;3H,1,4H2,2H3;3H,1H2,2H3;2H,1H2,(H,4,5). The molecule has 0 atom stereocenters. The number of esters is 3. The topological polar surface area (TPSA) is 137 Å². The number of carbonyl (C=O) groups is 5. The summed E-state index contributed by atoms with van der Waals surface area (Å²) in [5.74, 6) is -1.81. The fourth-order valence-corrected chi connectivity index (χ4v) is 1.35. The van der Waals surface area contributed by atoms with E-state index in [9.17, 15) is 24.0 Å². The molecule has 1 N–H and O–H groups in total. The molecular weight excluding hydrogens is 434 g/mol. The molecule has 0 aliphatic carbocycles. The number of hydrogen-bond acceptors (Lipinski definition) is 8. The van der Waals surface area contributed by atoms with E-state index in [4.69, 9.17) is 5.11 Å². The largest absolute Gasteiger partial charge is 0.478 e. The highest BCUT2D eigenvalue weighted by molar-refractivity contribution is 5.86. The monoisotopic (exact) mass is 469 g/mol. The molecule has 0 spiro atoms. The van der Waals surface area contributed by atoms with Crippen molar-refractivity contribution in [3.63, 3.8) is 0 Å². The minimum absolute atomic E-state index is 0.208. The third kappa shape index (κ3) is 32.9. The smallest absolute Gasteiger partial charge is 0.332 e. The highest BCUT2D eigenvalue weighted by atomic mass is 16.5. The van der Waals surface area contributed by atoms with Crippen LogP contribution in [0.5, 0.6) is 0 Å². The lowest BCUT2D eigenvalue weighted by Crippen LogP contribution is -2.16. The number of hydrogen-bond donors (Lipinski definition) is 1. The second kappa shape index (κ2) is 26.1. The van der Waals surface area contributed by atoms with Crippen LogP contribution in [0, 0.1) is 0 Å². The summed E-state index contributed by atoms with van der Waals surface area (Å²) in [6, 6.07) is 0. The van der Waals surface area contributed by atoms with Gasteiger partial charge in [-0.2, -0.15) is 0 Å². The number of carbonyl (C=O) groups excluding carboxylic acids is 4. The average Bonchev–Trinajstić information content (AvgIpc) is 3.19. The summed E-state index contributed by atoms with van der Waals surface area (Å²) >= 11 is 0. The molecular formula is C23H35NO9. The van der Waals surface area contributed by atoms with Crippen molar-refractivity contribution in [3.05, 3.63) is 63.1 Å². The second-order valence-corrected chi connectivity index (χ2v) is 5.42. The molecule has 0 saturated carbocycles. The molecule has 0 aromatic heterocycles. The van der Waals surface area contributed by atoms with Crippen LogP contribution in [0.3, 0.4) is 0 Å². The van der Waals surface area contributed by atoms with Gasteiger partial charge < -0.3 is 24.2 Å². The molecule has 10 nitrogen and oxygen atoms in total. The number of rotatable bonds is 6. The minimum atomic E-state index is -0.981. The van der Waals surface area contributed by atoms with Gasteiger partial charge in [0.05, 0.1) is 20.0 Å². The van der Waals surface area contributed by atoms with E-state index in [2.05, 4.69) is 47.1 Å². The third-order valence-electron chi connectivity index (χ3n) is 2.74. The van der Waals surface area contributed by atoms with Crippen LogP contribution in [-0.4, -0.2) is 60.1 Å². The van der Waals surface area contributed by atoms with E-state index in [1.807, 2.05) is 0 Å². The highest BCUT2D eigenvalue weighted by Gasteiger charge is 2.16. The van der Waals surface area contributed by atoms with Gasteiger partial charge in [0.25, 0.3) is 0 Å². The van der Waals surface area contributed by atoms with Gasteiger partial charge in [-0.1, -0.05) is 32.9 Å². The molecule has 0 radical (unpaired) electrons. The fraction of sp³-hybridized carbons (Fsp3) is 0.348. The van der Waals surface area contributed by atoms with Crippen molar-refractivity contribution >= 4 is 29.8 Å². The van der Waals surface area contributed by atoms with Crippen LogP contribution in [0.4, 0.5) is 0 Å². The Labute approximate surface area is 195 Å². The molecule has 1 aliphatic heterocycles. The lowest BCUT2D eigenvalue weighted by atomic mass is 10.4. The lowest BCUT2D eigenvalue weighted by molar-refractivity contribution is -0.137. The summed E-state index contributed by atoms with van der Waals surface area (Å²) in [5.41, 5.74) is 0.433. The average molecular weight is 470 g/mol. The van der Waals surface area contributed by atoms with Crippen LogP contribution >= 0.6 is 0 Å². The molecule has 1 rings (SSSR count). The maximum Gasteiger partial charge on any atom is 0.332 e. The maximum absolute atomic E-state index is 10.7. The van der Waals surface area contributed by atoms with Gasteiger partial charge in [-0.3, -0.25) is 9.59 Å².